The fourth-order valence-corrected chi connectivity index (χ4v) is 1.57. The normalized spacial score (nSPS) is 11.9. The van der Waals surface area contributed by atoms with Gasteiger partial charge in [-0.2, -0.15) is 0 Å². The smallest absolute Gasteiger partial charge is 0.246 e. The maximum Gasteiger partial charge on any atom is 0.246 e. The highest BCUT2D eigenvalue weighted by Crippen LogP contribution is 2.05. The maximum absolute atomic E-state index is 11.5. The van der Waals surface area contributed by atoms with E-state index in [2.05, 4.69) is 19.2 Å². The van der Waals surface area contributed by atoms with Crippen LogP contribution < -0.4 is 5.32 Å². The molecule has 0 saturated heterocycles. The lowest BCUT2D eigenvalue weighted by Gasteiger charge is -2.18. The van der Waals surface area contributed by atoms with Crippen molar-refractivity contribution in [2.75, 3.05) is 66.0 Å². The van der Waals surface area contributed by atoms with Gasteiger partial charge in [-0.25, -0.2) is 0 Å². The van der Waals surface area contributed by atoms with E-state index in [0.717, 1.165) is 6.61 Å². The lowest BCUT2D eigenvalue weighted by Crippen LogP contribution is -2.34. The van der Waals surface area contributed by atoms with Crippen molar-refractivity contribution in [2.24, 2.45) is 5.92 Å². The fraction of sp³-hybridized carbons (Fsp3) is 0.944. The highest BCUT2D eigenvalue weighted by atomic mass is 16.6. The van der Waals surface area contributed by atoms with Crippen molar-refractivity contribution in [1.29, 1.82) is 0 Å². The van der Waals surface area contributed by atoms with Gasteiger partial charge in [0, 0.05) is 13.2 Å². The largest absolute Gasteiger partial charge is 0.379 e. The molecule has 0 saturated carbocycles. The van der Waals surface area contributed by atoms with Gasteiger partial charge in [-0.3, -0.25) is 4.79 Å². The summed E-state index contributed by atoms with van der Waals surface area (Å²) in [6, 6.07) is 0. The van der Waals surface area contributed by atoms with Gasteiger partial charge in [-0.1, -0.05) is 13.8 Å². The monoisotopic (exact) mass is 363 g/mol. The lowest BCUT2D eigenvalue weighted by atomic mass is 10.2. The molecule has 7 heteroatoms. The first kappa shape index (κ1) is 24.3. The van der Waals surface area contributed by atoms with E-state index in [1.807, 2.05) is 20.8 Å². The van der Waals surface area contributed by atoms with Crippen LogP contribution in [0.4, 0.5) is 0 Å². The summed E-state index contributed by atoms with van der Waals surface area (Å²) in [5.41, 5.74) is -0.310. The lowest BCUT2D eigenvalue weighted by molar-refractivity contribution is -0.130. The zero-order valence-corrected chi connectivity index (χ0v) is 16.6. The first-order valence-electron chi connectivity index (χ1n) is 9.03. The molecule has 0 aromatic rings. The van der Waals surface area contributed by atoms with Crippen LogP contribution in [0.1, 0.15) is 34.6 Å². The predicted octanol–water partition coefficient (Wildman–Crippen LogP) is 1.64. The minimum Gasteiger partial charge on any atom is -0.379 e. The summed E-state index contributed by atoms with van der Waals surface area (Å²) < 4.78 is 26.9. The summed E-state index contributed by atoms with van der Waals surface area (Å²) in [6.45, 7) is 15.0. The molecule has 1 N–H and O–H groups in total. The third-order valence-electron chi connectivity index (χ3n) is 2.77. The second-order valence-corrected chi connectivity index (χ2v) is 7.06. The van der Waals surface area contributed by atoms with Gasteiger partial charge in [-0.15, -0.1) is 0 Å². The molecule has 0 unspecified atom stereocenters. The Morgan fingerprint density at radius 2 is 1.32 bits per heavy atom. The van der Waals surface area contributed by atoms with Gasteiger partial charge in [0.05, 0.1) is 51.8 Å². The molecule has 25 heavy (non-hydrogen) atoms. The molecule has 0 atom stereocenters. The second-order valence-electron chi connectivity index (χ2n) is 7.06. The van der Waals surface area contributed by atoms with E-state index in [4.69, 9.17) is 23.7 Å². The Morgan fingerprint density at radius 3 is 1.80 bits per heavy atom. The Bertz CT molecular complexity index is 317. The average Bonchev–Trinajstić information content (AvgIpc) is 2.52. The molecule has 0 rings (SSSR count). The Kier molecular flexibility index (Phi) is 15.1. The zero-order valence-electron chi connectivity index (χ0n) is 16.6. The zero-order chi connectivity index (χ0) is 19.0. The standard InChI is InChI=1S/C18H37NO6/c1-16(2)14-24-13-12-23-11-10-22-9-8-21-7-6-19-17(20)15-25-18(3,4)5/h16H,6-15H2,1-5H3,(H,19,20). The third-order valence-corrected chi connectivity index (χ3v) is 2.77. The number of amides is 1. The second kappa shape index (κ2) is 15.5. The third kappa shape index (κ3) is 21.2. The van der Waals surface area contributed by atoms with Gasteiger partial charge in [0.1, 0.15) is 6.61 Å². The van der Waals surface area contributed by atoms with Crippen molar-refractivity contribution >= 4 is 5.91 Å². The molecular formula is C18H37NO6. The molecule has 150 valence electrons. The van der Waals surface area contributed by atoms with Gasteiger partial charge >= 0.3 is 0 Å². The van der Waals surface area contributed by atoms with E-state index < -0.39 is 0 Å². The van der Waals surface area contributed by atoms with E-state index in [1.54, 1.807) is 0 Å². The van der Waals surface area contributed by atoms with Crippen LogP contribution in [0, 0.1) is 5.92 Å². The first-order chi connectivity index (χ1) is 11.8. The fourth-order valence-electron chi connectivity index (χ4n) is 1.57. The van der Waals surface area contributed by atoms with Crippen LogP contribution in [-0.4, -0.2) is 77.5 Å². The summed E-state index contributed by atoms with van der Waals surface area (Å²) >= 11 is 0. The van der Waals surface area contributed by atoms with Gasteiger partial charge in [0.25, 0.3) is 0 Å². The molecule has 0 bridgehead atoms. The van der Waals surface area contributed by atoms with E-state index in [9.17, 15) is 4.79 Å². The highest BCUT2D eigenvalue weighted by molar-refractivity contribution is 5.77. The number of rotatable bonds is 16. The molecular weight excluding hydrogens is 326 g/mol. The minimum atomic E-state index is -0.310. The Balaban J connectivity index is 3.18. The highest BCUT2D eigenvalue weighted by Gasteiger charge is 2.12. The summed E-state index contributed by atoms with van der Waals surface area (Å²) in [6.07, 6.45) is 0. The van der Waals surface area contributed by atoms with Crippen molar-refractivity contribution in [3.8, 4) is 0 Å². The number of carbonyl (C=O) groups excluding carboxylic acids is 1. The molecule has 0 heterocycles. The molecule has 0 aromatic carbocycles. The van der Waals surface area contributed by atoms with E-state index in [0.29, 0.717) is 58.7 Å². The van der Waals surface area contributed by atoms with Crippen LogP contribution in [0.2, 0.25) is 0 Å². The maximum atomic E-state index is 11.5. The first-order valence-corrected chi connectivity index (χ1v) is 9.03. The van der Waals surface area contributed by atoms with Crippen molar-refractivity contribution in [3.05, 3.63) is 0 Å². The van der Waals surface area contributed by atoms with Crippen LogP contribution in [0.25, 0.3) is 0 Å². The molecule has 0 fully saturated rings. The Labute approximate surface area is 152 Å². The molecule has 0 aromatic heterocycles. The SMILES string of the molecule is CC(C)COCCOCCOCCOCCNC(=O)COC(C)(C)C. The number of carbonyl (C=O) groups is 1. The van der Waals surface area contributed by atoms with Gasteiger partial charge in [0.15, 0.2) is 0 Å². The minimum absolute atomic E-state index is 0.0646. The van der Waals surface area contributed by atoms with Crippen LogP contribution in [0.3, 0.4) is 0 Å². The van der Waals surface area contributed by atoms with E-state index in [-0.39, 0.29) is 18.1 Å². The quantitative estimate of drug-likeness (QED) is 0.420. The summed E-state index contributed by atoms with van der Waals surface area (Å²) in [5.74, 6) is 0.415. The van der Waals surface area contributed by atoms with Crippen LogP contribution in [0.15, 0.2) is 0 Å². The van der Waals surface area contributed by atoms with Crippen LogP contribution in [0.5, 0.6) is 0 Å². The molecule has 7 nitrogen and oxygen atoms in total. The summed E-state index contributed by atoms with van der Waals surface area (Å²) in [7, 11) is 0. The Morgan fingerprint density at radius 1 is 0.840 bits per heavy atom. The van der Waals surface area contributed by atoms with Crippen molar-refractivity contribution in [3.63, 3.8) is 0 Å². The molecule has 0 aliphatic heterocycles. The molecule has 0 spiro atoms. The number of nitrogens with one attached hydrogen (secondary N) is 1. The van der Waals surface area contributed by atoms with Gasteiger partial charge in [-0.05, 0) is 26.7 Å². The number of ether oxygens (including phenoxy) is 5. The molecule has 0 radical (unpaired) electrons. The van der Waals surface area contributed by atoms with E-state index >= 15 is 0 Å². The van der Waals surface area contributed by atoms with Crippen molar-refractivity contribution in [2.45, 2.75) is 40.2 Å². The van der Waals surface area contributed by atoms with Gasteiger partial charge < -0.3 is 29.0 Å². The van der Waals surface area contributed by atoms with Crippen molar-refractivity contribution < 1.29 is 28.5 Å². The molecule has 0 aliphatic carbocycles. The van der Waals surface area contributed by atoms with Crippen LogP contribution in [-0.2, 0) is 28.5 Å². The number of hydrogen-bond acceptors (Lipinski definition) is 6. The Hall–Kier alpha value is -0.730. The predicted molar refractivity (Wildman–Crippen MR) is 96.8 cm³/mol. The van der Waals surface area contributed by atoms with E-state index in [1.165, 1.54) is 0 Å². The van der Waals surface area contributed by atoms with Crippen molar-refractivity contribution in [1.82, 2.24) is 5.32 Å². The topological polar surface area (TPSA) is 75.3 Å². The molecule has 1 amide bonds. The summed E-state index contributed by atoms with van der Waals surface area (Å²) in [5, 5.41) is 2.74. The average molecular weight is 363 g/mol. The molecule has 0 aliphatic rings. The van der Waals surface area contributed by atoms with Crippen LogP contribution >= 0.6 is 0 Å². The summed E-state index contributed by atoms with van der Waals surface area (Å²) in [4.78, 5) is 11.5. The number of hydrogen-bond donors (Lipinski definition) is 1. The van der Waals surface area contributed by atoms with Gasteiger partial charge in [0.2, 0.25) is 5.91 Å².